The first-order chi connectivity index (χ1) is 8.93. The van der Waals surface area contributed by atoms with Crippen LogP contribution in [-0.4, -0.2) is 11.0 Å². The van der Waals surface area contributed by atoms with Gasteiger partial charge in [-0.15, -0.1) is 0 Å². The van der Waals surface area contributed by atoms with Crippen LogP contribution < -0.4 is 0 Å². The van der Waals surface area contributed by atoms with Crippen molar-refractivity contribution in [2.45, 2.75) is 26.1 Å². The number of alkyl halides is 3. The van der Waals surface area contributed by atoms with E-state index in [-0.39, 0.29) is 18.6 Å². The molecule has 0 bridgehead atoms. The van der Waals surface area contributed by atoms with E-state index >= 15 is 0 Å². The summed E-state index contributed by atoms with van der Waals surface area (Å²) in [5.74, 6) is -0.529. The lowest BCUT2D eigenvalue weighted by molar-refractivity contribution is -0.148. The van der Waals surface area contributed by atoms with Crippen LogP contribution in [0.4, 0.5) is 13.2 Å². The van der Waals surface area contributed by atoms with Gasteiger partial charge in [0.05, 0.1) is 0 Å². The minimum Gasteiger partial charge on any atom is -0.461 e. The molecule has 1 aromatic heterocycles. The molecule has 0 atom stereocenters. The molecule has 6 heteroatoms. The van der Waals surface area contributed by atoms with Gasteiger partial charge in [-0.05, 0) is 6.07 Å². The molecule has 2 rings (SSSR count). The van der Waals surface area contributed by atoms with Crippen LogP contribution in [0.25, 0.3) is 10.9 Å². The van der Waals surface area contributed by atoms with E-state index in [9.17, 15) is 18.0 Å². The molecular formula is C13H12F3NO2. The van der Waals surface area contributed by atoms with E-state index in [0.717, 1.165) is 0 Å². The minimum absolute atomic E-state index is 0.0371. The van der Waals surface area contributed by atoms with E-state index < -0.39 is 17.8 Å². The first-order valence-corrected chi connectivity index (χ1v) is 5.76. The van der Waals surface area contributed by atoms with Gasteiger partial charge in [-0.1, -0.05) is 25.1 Å². The molecule has 1 N–H and O–H groups in total. The van der Waals surface area contributed by atoms with E-state index in [2.05, 4.69) is 4.98 Å². The number of benzene rings is 1. The maximum Gasteiger partial charge on any atom is 0.431 e. The summed E-state index contributed by atoms with van der Waals surface area (Å²) in [6.45, 7) is 1.20. The van der Waals surface area contributed by atoms with Crippen molar-refractivity contribution in [3.63, 3.8) is 0 Å². The molecule has 102 valence electrons. The average molecular weight is 271 g/mol. The molecule has 0 aliphatic rings. The van der Waals surface area contributed by atoms with E-state index in [1.54, 1.807) is 31.2 Å². The molecule has 0 radical (unpaired) electrons. The Morgan fingerprint density at radius 2 is 2.00 bits per heavy atom. The smallest absolute Gasteiger partial charge is 0.431 e. The van der Waals surface area contributed by atoms with Gasteiger partial charge in [-0.3, -0.25) is 4.79 Å². The number of rotatable bonds is 3. The third-order valence-electron chi connectivity index (χ3n) is 2.76. The lowest BCUT2D eigenvalue weighted by Crippen LogP contribution is -2.11. The molecule has 0 fully saturated rings. The number of hydrogen-bond acceptors (Lipinski definition) is 2. The van der Waals surface area contributed by atoms with Gasteiger partial charge in [-0.25, -0.2) is 0 Å². The molecule has 0 aliphatic heterocycles. The average Bonchev–Trinajstić information content (AvgIpc) is 2.74. The normalized spacial score (nSPS) is 11.8. The van der Waals surface area contributed by atoms with Crippen molar-refractivity contribution in [2.24, 2.45) is 0 Å². The highest BCUT2D eigenvalue weighted by molar-refractivity contribution is 5.85. The number of fused-ring (bicyclic) bond motifs is 1. The summed E-state index contributed by atoms with van der Waals surface area (Å²) in [4.78, 5) is 13.4. The summed E-state index contributed by atoms with van der Waals surface area (Å²) in [7, 11) is 0. The van der Waals surface area contributed by atoms with Crippen LogP contribution in [0.5, 0.6) is 0 Å². The fourth-order valence-electron chi connectivity index (χ4n) is 1.85. The molecule has 0 aliphatic carbocycles. The molecule has 2 aromatic rings. The number of nitrogens with one attached hydrogen (secondary N) is 1. The standard InChI is InChI=1S/C13H12F3NO2/c1-2-11(18)19-7-9-8-5-3-4-6-10(8)17-12(9)13(14,15)16/h3-6,17H,2,7H2,1H3. The molecule has 1 heterocycles. The molecule has 0 amide bonds. The third kappa shape index (κ3) is 2.72. The summed E-state index contributed by atoms with van der Waals surface area (Å²) < 4.78 is 43.6. The Morgan fingerprint density at radius 1 is 1.32 bits per heavy atom. The zero-order chi connectivity index (χ0) is 14.0. The molecule has 3 nitrogen and oxygen atoms in total. The number of esters is 1. The summed E-state index contributed by atoms with van der Waals surface area (Å²) in [5, 5.41) is 0.415. The van der Waals surface area contributed by atoms with Crippen molar-refractivity contribution < 1.29 is 22.7 Å². The van der Waals surface area contributed by atoms with E-state index in [1.807, 2.05) is 0 Å². The first kappa shape index (κ1) is 13.5. The maximum atomic E-state index is 12.9. The quantitative estimate of drug-likeness (QED) is 0.866. The van der Waals surface area contributed by atoms with Crippen LogP contribution in [0.15, 0.2) is 24.3 Å². The summed E-state index contributed by atoms with van der Waals surface area (Å²) in [5.41, 5.74) is -0.528. The van der Waals surface area contributed by atoms with Gasteiger partial charge in [0.1, 0.15) is 12.3 Å². The zero-order valence-electron chi connectivity index (χ0n) is 10.2. The van der Waals surface area contributed by atoms with Crippen LogP contribution in [0, 0.1) is 0 Å². The summed E-state index contributed by atoms with van der Waals surface area (Å²) in [6, 6.07) is 6.40. The number of hydrogen-bond donors (Lipinski definition) is 1. The second kappa shape index (κ2) is 4.95. The van der Waals surface area contributed by atoms with Crippen LogP contribution in [0.2, 0.25) is 0 Å². The summed E-state index contributed by atoms with van der Waals surface area (Å²) >= 11 is 0. The van der Waals surface area contributed by atoms with Crippen molar-refractivity contribution in [3.8, 4) is 0 Å². The number of halogens is 3. The Hall–Kier alpha value is -1.98. The Kier molecular flexibility index (Phi) is 3.50. The molecule has 1 aromatic carbocycles. The Balaban J connectivity index is 2.46. The number of aromatic amines is 1. The maximum absolute atomic E-state index is 12.9. The number of para-hydroxylation sites is 1. The number of H-pyrrole nitrogens is 1. The van der Waals surface area contributed by atoms with Crippen LogP contribution >= 0.6 is 0 Å². The zero-order valence-corrected chi connectivity index (χ0v) is 10.2. The van der Waals surface area contributed by atoms with Crippen LogP contribution in [0.1, 0.15) is 24.6 Å². The predicted octanol–water partition coefficient (Wildman–Crippen LogP) is 3.64. The Labute approximate surface area is 107 Å². The van der Waals surface area contributed by atoms with Crippen molar-refractivity contribution in [3.05, 3.63) is 35.5 Å². The lowest BCUT2D eigenvalue weighted by Gasteiger charge is -2.08. The van der Waals surface area contributed by atoms with E-state index in [4.69, 9.17) is 4.74 Å². The van der Waals surface area contributed by atoms with Gasteiger partial charge in [0.25, 0.3) is 0 Å². The number of carbonyl (C=O) groups excluding carboxylic acids is 1. The van der Waals surface area contributed by atoms with Gasteiger partial charge in [0.15, 0.2) is 0 Å². The second-order valence-electron chi connectivity index (χ2n) is 4.04. The Morgan fingerprint density at radius 3 is 2.63 bits per heavy atom. The lowest BCUT2D eigenvalue weighted by atomic mass is 10.1. The highest BCUT2D eigenvalue weighted by atomic mass is 19.4. The SMILES string of the molecule is CCC(=O)OCc1c(C(F)(F)F)[nH]c2ccccc12. The molecule has 19 heavy (non-hydrogen) atoms. The number of ether oxygens (including phenoxy) is 1. The molecule has 0 saturated carbocycles. The van der Waals surface area contributed by atoms with Crippen LogP contribution in [0.3, 0.4) is 0 Å². The largest absolute Gasteiger partial charge is 0.461 e. The topological polar surface area (TPSA) is 42.1 Å². The van der Waals surface area contributed by atoms with Crippen molar-refractivity contribution in [1.29, 1.82) is 0 Å². The van der Waals surface area contributed by atoms with Gasteiger partial charge < -0.3 is 9.72 Å². The predicted molar refractivity (Wildman–Crippen MR) is 63.4 cm³/mol. The fourth-order valence-corrected chi connectivity index (χ4v) is 1.85. The van der Waals surface area contributed by atoms with Crippen LogP contribution in [-0.2, 0) is 22.3 Å². The van der Waals surface area contributed by atoms with Crippen molar-refractivity contribution in [2.75, 3.05) is 0 Å². The highest BCUT2D eigenvalue weighted by Crippen LogP contribution is 2.35. The molecule has 0 spiro atoms. The van der Waals surface area contributed by atoms with Gasteiger partial charge in [-0.2, -0.15) is 13.2 Å². The molecule has 0 saturated heterocycles. The second-order valence-corrected chi connectivity index (χ2v) is 4.04. The highest BCUT2D eigenvalue weighted by Gasteiger charge is 2.36. The van der Waals surface area contributed by atoms with Crippen molar-refractivity contribution >= 4 is 16.9 Å². The first-order valence-electron chi connectivity index (χ1n) is 5.76. The Bertz CT molecular complexity index is 601. The van der Waals surface area contributed by atoms with E-state index in [0.29, 0.717) is 10.9 Å². The molecular weight excluding hydrogens is 259 g/mol. The number of aromatic nitrogens is 1. The minimum atomic E-state index is -4.51. The summed E-state index contributed by atoms with van der Waals surface area (Å²) in [6.07, 6.45) is -4.38. The van der Waals surface area contributed by atoms with Gasteiger partial charge in [0, 0.05) is 22.9 Å². The third-order valence-corrected chi connectivity index (χ3v) is 2.76. The van der Waals surface area contributed by atoms with E-state index in [1.165, 1.54) is 0 Å². The fraction of sp³-hybridized carbons (Fsp3) is 0.308. The monoisotopic (exact) mass is 271 g/mol. The van der Waals surface area contributed by atoms with Gasteiger partial charge in [0.2, 0.25) is 0 Å². The van der Waals surface area contributed by atoms with Crippen molar-refractivity contribution in [1.82, 2.24) is 4.98 Å². The van der Waals surface area contributed by atoms with Gasteiger partial charge >= 0.3 is 12.1 Å². The number of carbonyl (C=O) groups is 1. The molecule has 0 unspecified atom stereocenters.